The van der Waals surface area contributed by atoms with Crippen molar-refractivity contribution in [3.63, 3.8) is 0 Å². The fourth-order valence-electron chi connectivity index (χ4n) is 3.19. The van der Waals surface area contributed by atoms with Crippen LogP contribution >= 0.6 is 12.4 Å². The lowest BCUT2D eigenvalue weighted by molar-refractivity contribution is -0.133. The van der Waals surface area contributed by atoms with Gasteiger partial charge < -0.3 is 10.6 Å². The molecule has 0 aromatic carbocycles. The molecule has 1 saturated heterocycles. The van der Waals surface area contributed by atoms with Crippen LogP contribution in [0.5, 0.6) is 0 Å². The first-order chi connectivity index (χ1) is 8.66. The zero-order valence-corrected chi connectivity index (χ0v) is 12.8. The number of nitrogens with two attached hydrogens (primary N) is 1. The van der Waals surface area contributed by atoms with Crippen molar-refractivity contribution in [3.8, 4) is 0 Å². The predicted molar refractivity (Wildman–Crippen MR) is 80.5 cm³/mol. The predicted octanol–water partition coefficient (Wildman–Crippen LogP) is 1.62. The van der Waals surface area contributed by atoms with Crippen LogP contribution in [0.3, 0.4) is 0 Å². The average Bonchev–Trinajstić information content (AvgIpc) is 2.39. The lowest BCUT2D eigenvalue weighted by atomic mass is 9.94. The number of rotatable bonds is 3. The van der Waals surface area contributed by atoms with Crippen molar-refractivity contribution in [2.75, 3.05) is 26.2 Å². The average molecular weight is 290 g/mol. The number of amides is 1. The van der Waals surface area contributed by atoms with Gasteiger partial charge in [0.25, 0.3) is 0 Å². The third-order valence-corrected chi connectivity index (χ3v) is 4.25. The SMILES string of the molecule is CC(N)CC(=O)N1CCN(C2CCCCC2)CC1.Cl. The molecule has 4 nitrogen and oxygen atoms in total. The molecule has 2 aliphatic rings. The Hall–Kier alpha value is -0.320. The summed E-state index contributed by atoms with van der Waals surface area (Å²) in [4.78, 5) is 16.5. The summed E-state index contributed by atoms with van der Waals surface area (Å²) in [5, 5.41) is 0. The Bertz CT molecular complexity index is 272. The minimum absolute atomic E-state index is 0. The van der Waals surface area contributed by atoms with Crippen LogP contribution in [0.15, 0.2) is 0 Å². The van der Waals surface area contributed by atoms with Crippen molar-refractivity contribution >= 4 is 18.3 Å². The molecule has 0 spiro atoms. The normalized spacial score (nSPS) is 23.8. The molecule has 0 aromatic rings. The van der Waals surface area contributed by atoms with Crippen LogP contribution in [-0.2, 0) is 4.79 Å². The molecule has 2 fully saturated rings. The van der Waals surface area contributed by atoms with E-state index in [4.69, 9.17) is 5.73 Å². The topological polar surface area (TPSA) is 49.6 Å². The first-order valence-electron chi connectivity index (χ1n) is 7.44. The summed E-state index contributed by atoms with van der Waals surface area (Å²) >= 11 is 0. The minimum Gasteiger partial charge on any atom is -0.340 e. The summed E-state index contributed by atoms with van der Waals surface area (Å²) < 4.78 is 0. The van der Waals surface area contributed by atoms with Crippen molar-refractivity contribution in [2.45, 2.75) is 57.5 Å². The van der Waals surface area contributed by atoms with Gasteiger partial charge in [-0.05, 0) is 19.8 Å². The fraction of sp³-hybridized carbons (Fsp3) is 0.929. The summed E-state index contributed by atoms with van der Waals surface area (Å²) in [6.45, 7) is 5.78. The van der Waals surface area contributed by atoms with Crippen molar-refractivity contribution in [3.05, 3.63) is 0 Å². The van der Waals surface area contributed by atoms with E-state index in [1.807, 2.05) is 11.8 Å². The molecule has 2 N–H and O–H groups in total. The third kappa shape index (κ3) is 4.93. The van der Waals surface area contributed by atoms with Crippen molar-refractivity contribution in [1.82, 2.24) is 9.80 Å². The second kappa shape index (κ2) is 8.08. The van der Waals surface area contributed by atoms with Gasteiger partial charge in [0.15, 0.2) is 0 Å². The number of piperazine rings is 1. The van der Waals surface area contributed by atoms with Crippen LogP contribution in [0.2, 0.25) is 0 Å². The number of nitrogens with zero attached hydrogens (tertiary/aromatic N) is 2. The molecule has 1 aliphatic carbocycles. The number of carbonyl (C=O) groups excluding carboxylic acids is 1. The van der Waals surface area contributed by atoms with E-state index < -0.39 is 0 Å². The van der Waals surface area contributed by atoms with E-state index in [2.05, 4.69) is 4.90 Å². The van der Waals surface area contributed by atoms with Crippen molar-refractivity contribution in [2.24, 2.45) is 5.73 Å². The van der Waals surface area contributed by atoms with Crippen LogP contribution < -0.4 is 5.73 Å². The third-order valence-electron chi connectivity index (χ3n) is 4.25. The lowest BCUT2D eigenvalue weighted by Gasteiger charge is -2.40. The standard InChI is InChI=1S/C14H27N3O.ClH/c1-12(15)11-14(18)17-9-7-16(8-10-17)13-5-3-2-4-6-13;/h12-13H,2-11,15H2,1H3;1H. The Labute approximate surface area is 123 Å². The van der Waals surface area contributed by atoms with E-state index in [-0.39, 0.29) is 24.4 Å². The van der Waals surface area contributed by atoms with Crippen molar-refractivity contribution in [1.29, 1.82) is 0 Å². The van der Waals surface area contributed by atoms with Gasteiger partial charge in [-0.3, -0.25) is 9.69 Å². The van der Waals surface area contributed by atoms with Crippen LogP contribution in [0.4, 0.5) is 0 Å². The Balaban J connectivity index is 0.00000180. The first-order valence-corrected chi connectivity index (χ1v) is 7.44. The molecule has 1 saturated carbocycles. The number of hydrogen-bond donors (Lipinski definition) is 1. The highest BCUT2D eigenvalue weighted by molar-refractivity contribution is 5.85. The van der Waals surface area contributed by atoms with Crippen LogP contribution in [0.1, 0.15) is 45.4 Å². The van der Waals surface area contributed by atoms with Gasteiger partial charge in [0.1, 0.15) is 0 Å². The minimum atomic E-state index is -0.0196. The number of hydrogen-bond acceptors (Lipinski definition) is 3. The monoisotopic (exact) mass is 289 g/mol. The molecule has 2 rings (SSSR count). The van der Waals surface area contributed by atoms with Crippen molar-refractivity contribution < 1.29 is 4.79 Å². The Morgan fingerprint density at radius 1 is 1.16 bits per heavy atom. The highest BCUT2D eigenvalue weighted by atomic mass is 35.5. The van der Waals surface area contributed by atoms with E-state index in [1.165, 1.54) is 32.1 Å². The smallest absolute Gasteiger partial charge is 0.224 e. The maximum atomic E-state index is 11.9. The second-order valence-corrected chi connectivity index (χ2v) is 5.89. The molecular weight excluding hydrogens is 262 g/mol. The summed E-state index contributed by atoms with van der Waals surface area (Å²) in [5.74, 6) is 0.230. The molecule has 0 bridgehead atoms. The van der Waals surface area contributed by atoms with E-state index in [0.717, 1.165) is 32.2 Å². The van der Waals surface area contributed by atoms with Gasteiger partial charge in [-0.2, -0.15) is 0 Å². The maximum absolute atomic E-state index is 11.9. The van der Waals surface area contributed by atoms with E-state index >= 15 is 0 Å². The Morgan fingerprint density at radius 2 is 1.74 bits per heavy atom. The van der Waals surface area contributed by atoms with Gasteiger partial charge in [0.2, 0.25) is 5.91 Å². The van der Waals surface area contributed by atoms with Gasteiger partial charge in [-0.25, -0.2) is 0 Å². The van der Waals surface area contributed by atoms with Gasteiger partial charge in [-0.1, -0.05) is 19.3 Å². The number of halogens is 1. The first kappa shape index (κ1) is 16.7. The largest absolute Gasteiger partial charge is 0.340 e. The molecule has 112 valence electrons. The molecule has 1 aliphatic heterocycles. The van der Waals surface area contributed by atoms with Gasteiger partial charge in [-0.15, -0.1) is 12.4 Å². The molecule has 19 heavy (non-hydrogen) atoms. The summed E-state index contributed by atoms with van der Waals surface area (Å²) in [7, 11) is 0. The molecule has 0 radical (unpaired) electrons. The van der Waals surface area contributed by atoms with Crippen LogP contribution in [0.25, 0.3) is 0 Å². The van der Waals surface area contributed by atoms with E-state index in [0.29, 0.717) is 6.42 Å². The van der Waals surface area contributed by atoms with E-state index in [1.54, 1.807) is 0 Å². The van der Waals surface area contributed by atoms with Gasteiger partial charge in [0, 0.05) is 44.7 Å². The van der Waals surface area contributed by atoms with E-state index in [9.17, 15) is 4.79 Å². The molecule has 0 aromatic heterocycles. The molecule has 5 heteroatoms. The zero-order chi connectivity index (χ0) is 13.0. The highest BCUT2D eigenvalue weighted by Crippen LogP contribution is 2.23. The summed E-state index contributed by atoms with van der Waals surface area (Å²) in [6, 6.07) is 0.762. The maximum Gasteiger partial charge on any atom is 0.224 e. The fourth-order valence-corrected chi connectivity index (χ4v) is 3.19. The molecule has 1 amide bonds. The molecule has 1 atom stereocenters. The zero-order valence-electron chi connectivity index (χ0n) is 12.0. The Kier molecular flexibility index (Phi) is 7.11. The summed E-state index contributed by atoms with van der Waals surface area (Å²) in [6.07, 6.45) is 7.37. The quantitative estimate of drug-likeness (QED) is 0.859. The lowest BCUT2D eigenvalue weighted by Crippen LogP contribution is -2.52. The molecular formula is C14H28ClN3O. The molecule has 1 heterocycles. The molecule has 1 unspecified atom stereocenters. The summed E-state index contributed by atoms with van der Waals surface area (Å²) in [5.41, 5.74) is 5.69. The van der Waals surface area contributed by atoms with Crippen LogP contribution in [-0.4, -0.2) is 54.0 Å². The Morgan fingerprint density at radius 3 is 2.26 bits per heavy atom. The second-order valence-electron chi connectivity index (χ2n) is 5.89. The highest BCUT2D eigenvalue weighted by Gasteiger charge is 2.26. The number of carbonyl (C=O) groups is 1. The van der Waals surface area contributed by atoms with Crippen LogP contribution in [0, 0.1) is 0 Å². The van der Waals surface area contributed by atoms with Gasteiger partial charge >= 0.3 is 0 Å². The van der Waals surface area contributed by atoms with Gasteiger partial charge in [0.05, 0.1) is 0 Å².